The second-order valence-electron chi connectivity index (χ2n) is 7.24. The van der Waals surface area contributed by atoms with E-state index in [1.54, 1.807) is 14.2 Å². The fourth-order valence-corrected chi connectivity index (χ4v) is 6.85. The maximum atomic E-state index is 5.88. The largest absolute Gasteiger partial charge is 0.496 e. The quantitative estimate of drug-likeness (QED) is 0.284. The van der Waals surface area contributed by atoms with Crippen LogP contribution in [0.3, 0.4) is 0 Å². The molecule has 0 N–H and O–H groups in total. The molecule has 0 spiro atoms. The average molecular weight is 427 g/mol. The predicted molar refractivity (Wildman–Crippen MR) is 131 cm³/mol. The first-order valence-electron chi connectivity index (χ1n) is 9.77. The summed E-state index contributed by atoms with van der Waals surface area (Å²) in [5.74, 6) is 1.75. The lowest BCUT2D eigenvalue weighted by molar-refractivity contribution is 0.411. The zero-order valence-electron chi connectivity index (χ0n) is 16.6. The van der Waals surface area contributed by atoms with Gasteiger partial charge in [-0.05, 0) is 36.4 Å². The van der Waals surface area contributed by atoms with Crippen molar-refractivity contribution in [3.63, 3.8) is 0 Å². The summed E-state index contributed by atoms with van der Waals surface area (Å²) in [6.07, 6.45) is 0. The van der Waals surface area contributed by atoms with E-state index in [1.807, 2.05) is 22.7 Å². The summed E-state index contributed by atoms with van der Waals surface area (Å²) >= 11 is 3.63. The van der Waals surface area contributed by atoms with Crippen LogP contribution < -0.4 is 9.47 Å². The van der Waals surface area contributed by atoms with Gasteiger partial charge >= 0.3 is 0 Å². The van der Waals surface area contributed by atoms with Gasteiger partial charge in [0.25, 0.3) is 0 Å². The number of fused-ring (bicyclic) bond motifs is 6. The molecule has 2 aromatic heterocycles. The maximum Gasteiger partial charge on any atom is 0.128 e. The molecule has 0 saturated carbocycles. The van der Waals surface area contributed by atoms with Crippen LogP contribution in [0, 0.1) is 0 Å². The molecule has 0 radical (unpaired) electrons. The van der Waals surface area contributed by atoms with Gasteiger partial charge < -0.3 is 9.47 Å². The van der Waals surface area contributed by atoms with Gasteiger partial charge in [0.05, 0.1) is 14.2 Å². The summed E-state index contributed by atoms with van der Waals surface area (Å²) in [5, 5.41) is 5.07. The Bertz CT molecular complexity index is 1450. The van der Waals surface area contributed by atoms with E-state index in [4.69, 9.17) is 9.47 Å². The molecule has 0 aliphatic carbocycles. The first-order chi connectivity index (χ1) is 14.8. The van der Waals surface area contributed by atoms with Crippen LogP contribution in [0.4, 0.5) is 0 Å². The highest BCUT2D eigenvalue weighted by Gasteiger charge is 2.22. The van der Waals surface area contributed by atoms with Gasteiger partial charge in [0.2, 0.25) is 0 Å². The fraction of sp³-hybridized carbons (Fsp3) is 0.0769. The zero-order valence-corrected chi connectivity index (χ0v) is 18.2. The van der Waals surface area contributed by atoms with Gasteiger partial charge in [-0.3, -0.25) is 0 Å². The van der Waals surface area contributed by atoms with E-state index in [0.717, 1.165) is 22.6 Å². The molecule has 0 amide bonds. The number of hydrogen-bond acceptors (Lipinski definition) is 4. The molecule has 4 aromatic carbocycles. The molecule has 6 aromatic rings. The van der Waals surface area contributed by atoms with Crippen LogP contribution in [-0.4, -0.2) is 14.2 Å². The topological polar surface area (TPSA) is 18.5 Å². The lowest BCUT2D eigenvalue weighted by Gasteiger charge is -2.15. The van der Waals surface area contributed by atoms with Crippen LogP contribution in [-0.2, 0) is 0 Å². The van der Waals surface area contributed by atoms with Crippen molar-refractivity contribution in [1.82, 2.24) is 0 Å². The third kappa shape index (κ3) is 2.41. The normalized spacial score (nSPS) is 11.7. The van der Waals surface area contributed by atoms with Gasteiger partial charge in [0.15, 0.2) is 0 Å². The lowest BCUT2D eigenvalue weighted by Crippen LogP contribution is -1.92. The summed E-state index contributed by atoms with van der Waals surface area (Å²) in [5.41, 5.74) is 2.23. The van der Waals surface area contributed by atoms with Crippen LogP contribution in [0.1, 0.15) is 0 Å². The first kappa shape index (κ1) is 17.8. The Labute approximate surface area is 181 Å². The Kier molecular flexibility index (Phi) is 3.98. The number of thiophene rings is 2. The molecule has 2 nitrogen and oxygen atoms in total. The minimum absolute atomic E-state index is 0.873. The van der Waals surface area contributed by atoms with E-state index in [9.17, 15) is 0 Å². The molecular formula is C26H18O2S2. The van der Waals surface area contributed by atoms with Crippen molar-refractivity contribution in [3.8, 4) is 22.6 Å². The first-order valence-corrected chi connectivity index (χ1v) is 11.4. The average Bonchev–Trinajstić information content (AvgIpc) is 3.36. The van der Waals surface area contributed by atoms with E-state index >= 15 is 0 Å². The van der Waals surface area contributed by atoms with Crippen molar-refractivity contribution in [2.75, 3.05) is 14.2 Å². The Morgan fingerprint density at radius 1 is 0.500 bits per heavy atom. The van der Waals surface area contributed by atoms with Gasteiger partial charge in [0, 0.05) is 51.5 Å². The monoisotopic (exact) mass is 426 g/mol. The highest BCUT2D eigenvalue weighted by Crippen LogP contribution is 2.51. The summed E-state index contributed by atoms with van der Waals surface area (Å²) in [6.45, 7) is 0. The molecule has 0 saturated heterocycles. The predicted octanol–water partition coefficient (Wildman–Crippen LogP) is 8.11. The second kappa shape index (κ2) is 6.73. The standard InChI is InChI=1S/C26H18O2S2/c1-27-19-13-11-17-15-7-3-5-9-21(15)29-25(17)23(19)24-20(28-2)14-12-18-16-8-4-6-10-22(16)30-26(18)24/h3-14H,1-2H3. The number of hydrogen-bond donors (Lipinski definition) is 0. The zero-order chi connectivity index (χ0) is 20.2. The van der Waals surface area contributed by atoms with Crippen molar-refractivity contribution in [2.45, 2.75) is 0 Å². The van der Waals surface area contributed by atoms with E-state index in [0.29, 0.717) is 0 Å². The summed E-state index contributed by atoms with van der Waals surface area (Å²) in [6, 6.07) is 25.7. The molecule has 0 aliphatic heterocycles. The molecule has 146 valence electrons. The Morgan fingerprint density at radius 3 is 1.37 bits per heavy atom. The molecule has 0 atom stereocenters. The lowest BCUT2D eigenvalue weighted by atomic mass is 9.98. The molecule has 0 fully saturated rings. The molecule has 30 heavy (non-hydrogen) atoms. The SMILES string of the molecule is COc1ccc2c(sc3ccccc32)c1-c1c(OC)ccc2c1sc1ccccc12. The Hall–Kier alpha value is -3.08. The molecule has 0 aliphatic rings. The number of rotatable bonds is 3. The second-order valence-corrected chi connectivity index (χ2v) is 9.34. The van der Waals surface area contributed by atoms with Crippen LogP contribution >= 0.6 is 22.7 Å². The smallest absolute Gasteiger partial charge is 0.128 e. The molecule has 0 bridgehead atoms. The maximum absolute atomic E-state index is 5.88. The van der Waals surface area contributed by atoms with E-state index in [-0.39, 0.29) is 0 Å². The van der Waals surface area contributed by atoms with E-state index in [2.05, 4.69) is 72.8 Å². The van der Waals surface area contributed by atoms with E-state index < -0.39 is 0 Å². The third-order valence-corrected chi connectivity index (χ3v) is 8.12. The highest BCUT2D eigenvalue weighted by atomic mass is 32.1. The molecule has 0 unspecified atom stereocenters. The fourth-order valence-electron chi connectivity index (χ4n) is 4.36. The van der Waals surface area contributed by atoms with E-state index in [1.165, 1.54) is 40.3 Å². The molecule has 6 rings (SSSR count). The molecular weight excluding hydrogens is 408 g/mol. The Morgan fingerprint density at radius 2 is 0.933 bits per heavy atom. The van der Waals surface area contributed by atoms with Crippen LogP contribution in [0.5, 0.6) is 11.5 Å². The highest BCUT2D eigenvalue weighted by molar-refractivity contribution is 7.27. The number of ether oxygens (including phenoxy) is 2. The molecule has 4 heteroatoms. The number of benzene rings is 4. The van der Waals surface area contributed by atoms with Crippen LogP contribution in [0.2, 0.25) is 0 Å². The van der Waals surface area contributed by atoms with Crippen molar-refractivity contribution in [2.24, 2.45) is 0 Å². The van der Waals surface area contributed by atoms with Gasteiger partial charge in [-0.15, -0.1) is 22.7 Å². The van der Waals surface area contributed by atoms with Crippen LogP contribution in [0.15, 0.2) is 72.8 Å². The van der Waals surface area contributed by atoms with Crippen molar-refractivity contribution in [1.29, 1.82) is 0 Å². The van der Waals surface area contributed by atoms with Crippen molar-refractivity contribution < 1.29 is 9.47 Å². The summed E-state index contributed by atoms with van der Waals surface area (Å²) in [7, 11) is 3.49. The minimum Gasteiger partial charge on any atom is -0.496 e. The van der Waals surface area contributed by atoms with Crippen molar-refractivity contribution in [3.05, 3.63) is 72.8 Å². The van der Waals surface area contributed by atoms with Gasteiger partial charge in [-0.25, -0.2) is 0 Å². The Balaban J connectivity index is 1.83. The summed E-state index contributed by atoms with van der Waals surface area (Å²) < 4.78 is 16.8. The van der Waals surface area contributed by atoms with Gasteiger partial charge in [-0.1, -0.05) is 36.4 Å². The molecule has 2 heterocycles. The minimum atomic E-state index is 0.873. The van der Waals surface area contributed by atoms with Crippen LogP contribution in [0.25, 0.3) is 51.5 Å². The van der Waals surface area contributed by atoms with Gasteiger partial charge in [0.1, 0.15) is 11.5 Å². The number of methoxy groups -OCH3 is 2. The summed E-state index contributed by atoms with van der Waals surface area (Å²) in [4.78, 5) is 0. The van der Waals surface area contributed by atoms with Gasteiger partial charge in [-0.2, -0.15) is 0 Å². The van der Waals surface area contributed by atoms with Crippen molar-refractivity contribution >= 4 is 63.0 Å². The third-order valence-electron chi connectivity index (χ3n) is 5.71.